The predicted octanol–water partition coefficient (Wildman–Crippen LogP) is 3.65. The van der Waals surface area contributed by atoms with Crippen LogP contribution in [0.3, 0.4) is 0 Å². The molecule has 2 rings (SSSR count). The van der Waals surface area contributed by atoms with E-state index in [0.717, 1.165) is 15.7 Å². The average Bonchev–Trinajstić information content (AvgIpc) is 2.49. The van der Waals surface area contributed by atoms with Crippen LogP contribution in [-0.2, 0) is 11.2 Å². The molecule has 1 amide bonds. The fourth-order valence-electron chi connectivity index (χ4n) is 1.91. The number of carbonyl (C=O) groups excluding carboxylic acids is 1. The van der Waals surface area contributed by atoms with Crippen molar-refractivity contribution in [2.75, 3.05) is 19.5 Å². The van der Waals surface area contributed by atoms with E-state index in [4.69, 9.17) is 9.47 Å². The minimum Gasteiger partial charge on any atom is -0.493 e. The molecule has 0 aliphatic carbocycles. The molecule has 21 heavy (non-hydrogen) atoms. The number of anilines is 1. The molecule has 0 saturated heterocycles. The van der Waals surface area contributed by atoms with Gasteiger partial charge in [0.05, 0.1) is 20.6 Å². The van der Waals surface area contributed by atoms with E-state index in [-0.39, 0.29) is 12.3 Å². The molecule has 0 heterocycles. The first-order valence-corrected chi connectivity index (χ1v) is 7.18. The van der Waals surface area contributed by atoms with Crippen LogP contribution in [0.15, 0.2) is 46.9 Å². The van der Waals surface area contributed by atoms with Gasteiger partial charge in [0.25, 0.3) is 0 Å². The Labute approximate surface area is 132 Å². The largest absolute Gasteiger partial charge is 0.493 e. The van der Waals surface area contributed by atoms with Gasteiger partial charge in [-0.25, -0.2) is 0 Å². The number of nitrogens with one attached hydrogen (secondary N) is 1. The van der Waals surface area contributed by atoms with E-state index in [1.807, 2.05) is 30.3 Å². The number of ether oxygens (including phenoxy) is 2. The zero-order valence-electron chi connectivity index (χ0n) is 11.9. The molecule has 0 radical (unpaired) electrons. The monoisotopic (exact) mass is 349 g/mol. The molecule has 1 N–H and O–H groups in total. The highest BCUT2D eigenvalue weighted by Crippen LogP contribution is 2.27. The van der Waals surface area contributed by atoms with Crippen molar-refractivity contribution in [2.24, 2.45) is 0 Å². The van der Waals surface area contributed by atoms with Gasteiger partial charge in [0.15, 0.2) is 11.5 Å². The highest BCUT2D eigenvalue weighted by molar-refractivity contribution is 9.10. The Balaban J connectivity index is 2.04. The molecule has 0 aliphatic heterocycles. The van der Waals surface area contributed by atoms with Crippen LogP contribution >= 0.6 is 15.9 Å². The van der Waals surface area contributed by atoms with Gasteiger partial charge in [-0.3, -0.25) is 4.79 Å². The molecule has 4 nitrogen and oxygen atoms in total. The molecule has 110 valence electrons. The van der Waals surface area contributed by atoms with E-state index in [1.165, 1.54) is 0 Å². The Morgan fingerprint density at radius 3 is 2.33 bits per heavy atom. The molecule has 0 fully saturated rings. The predicted molar refractivity (Wildman–Crippen MR) is 86.0 cm³/mol. The summed E-state index contributed by atoms with van der Waals surface area (Å²) in [5, 5.41) is 2.85. The Morgan fingerprint density at radius 2 is 1.71 bits per heavy atom. The van der Waals surface area contributed by atoms with Crippen LogP contribution in [0.2, 0.25) is 0 Å². The molecule has 0 spiro atoms. The summed E-state index contributed by atoms with van der Waals surface area (Å²) < 4.78 is 11.4. The smallest absolute Gasteiger partial charge is 0.228 e. The fraction of sp³-hybridized carbons (Fsp3) is 0.188. The van der Waals surface area contributed by atoms with Gasteiger partial charge in [0.2, 0.25) is 5.91 Å². The Morgan fingerprint density at radius 1 is 1.05 bits per heavy atom. The first kappa shape index (κ1) is 15.4. The van der Waals surface area contributed by atoms with E-state index in [9.17, 15) is 4.79 Å². The molecular formula is C16H16BrNO3. The van der Waals surface area contributed by atoms with Crippen LogP contribution in [0, 0.1) is 0 Å². The van der Waals surface area contributed by atoms with E-state index in [1.54, 1.807) is 26.4 Å². The van der Waals surface area contributed by atoms with Crippen molar-refractivity contribution in [3.63, 3.8) is 0 Å². The summed E-state index contributed by atoms with van der Waals surface area (Å²) >= 11 is 3.36. The summed E-state index contributed by atoms with van der Waals surface area (Å²) in [6.45, 7) is 0. The van der Waals surface area contributed by atoms with Crippen molar-refractivity contribution in [1.29, 1.82) is 0 Å². The third-order valence-corrected chi connectivity index (χ3v) is 3.47. The molecular weight excluding hydrogens is 334 g/mol. The van der Waals surface area contributed by atoms with Crippen LogP contribution < -0.4 is 14.8 Å². The number of halogens is 1. The average molecular weight is 350 g/mol. The Bertz CT molecular complexity index is 626. The topological polar surface area (TPSA) is 47.6 Å². The van der Waals surface area contributed by atoms with E-state index in [2.05, 4.69) is 21.2 Å². The number of rotatable bonds is 5. The third-order valence-electron chi connectivity index (χ3n) is 2.94. The quantitative estimate of drug-likeness (QED) is 0.896. The molecule has 0 aliphatic rings. The molecule has 0 unspecified atom stereocenters. The zero-order valence-corrected chi connectivity index (χ0v) is 13.4. The molecule has 2 aromatic rings. The van der Waals surface area contributed by atoms with Crippen molar-refractivity contribution >= 4 is 27.5 Å². The third kappa shape index (κ3) is 4.23. The standard InChI is InChI=1S/C16H16BrNO3/c1-20-14-8-3-11(9-15(14)21-2)10-16(19)18-13-6-4-12(17)5-7-13/h3-9H,10H2,1-2H3,(H,18,19). The maximum absolute atomic E-state index is 12.0. The van der Waals surface area contributed by atoms with Crippen LogP contribution in [0.1, 0.15) is 5.56 Å². The highest BCUT2D eigenvalue weighted by Gasteiger charge is 2.08. The van der Waals surface area contributed by atoms with Crippen molar-refractivity contribution in [3.8, 4) is 11.5 Å². The van der Waals surface area contributed by atoms with Gasteiger partial charge in [-0.05, 0) is 42.0 Å². The second-order valence-corrected chi connectivity index (χ2v) is 5.34. The number of carbonyl (C=O) groups is 1. The first-order chi connectivity index (χ1) is 10.1. The van der Waals surface area contributed by atoms with Gasteiger partial charge in [0.1, 0.15) is 0 Å². The number of hydrogen-bond donors (Lipinski definition) is 1. The number of methoxy groups -OCH3 is 2. The summed E-state index contributed by atoms with van der Waals surface area (Å²) in [4.78, 5) is 12.0. The van der Waals surface area contributed by atoms with E-state index < -0.39 is 0 Å². The Hall–Kier alpha value is -2.01. The second-order valence-electron chi connectivity index (χ2n) is 4.42. The second kappa shape index (κ2) is 7.13. The van der Waals surface area contributed by atoms with Crippen molar-refractivity contribution in [2.45, 2.75) is 6.42 Å². The first-order valence-electron chi connectivity index (χ1n) is 6.38. The fourth-order valence-corrected chi connectivity index (χ4v) is 2.18. The summed E-state index contributed by atoms with van der Waals surface area (Å²) in [5.74, 6) is 1.19. The van der Waals surface area contributed by atoms with Crippen molar-refractivity contribution in [3.05, 3.63) is 52.5 Å². The summed E-state index contributed by atoms with van der Waals surface area (Å²) in [7, 11) is 3.15. The van der Waals surface area contributed by atoms with Gasteiger partial charge in [-0.2, -0.15) is 0 Å². The van der Waals surface area contributed by atoms with Gasteiger partial charge in [-0.15, -0.1) is 0 Å². The molecule has 5 heteroatoms. The number of hydrogen-bond acceptors (Lipinski definition) is 3. The number of benzene rings is 2. The van der Waals surface area contributed by atoms with Gasteiger partial charge >= 0.3 is 0 Å². The van der Waals surface area contributed by atoms with E-state index in [0.29, 0.717) is 11.5 Å². The summed E-state index contributed by atoms with van der Waals surface area (Å²) in [6, 6.07) is 12.9. The summed E-state index contributed by atoms with van der Waals surface area (Å²) in [5.41, 5.74) is 1.63. The normalized spacial score (nSPS) is 10.0. The maximum atomic E-state index is 12.0. The lowest BCUT2D eigenvalue weighted by Gasteiger charge is -2.10. The van der Waals surface area contributed by atoms with Crippen molar-refractivity contribution < 1.29 is 14.3 Å². The highest BCUT2D eigenvalue weighted by atomic mass is 79.9. The lowest BCUT2D eigenvalue weighted by Crippen LogP contribution is -2.14. The zero-order chi connectivity index (χ0) is 15.2. The van der Waals surface area contributed by atoms with Gasteiger partial charge in [0, 0.05) is 10.2 Å². The molecule has 0 saturated carbocycles. The SMILES string of the molecule is COc1ccc(CC(=O)Nc2ccc(Br)cc2)cc1OC. The maximum Gasteiger partial charge on any atom is 0.228 e. The molecule has 2 aromatic carbocycles. The van der Waals surface area contributed by atoms with Crippen molar-refractivity contribution in [1.82, 2.24) is 0 Å². The van der Waals surface area contributed by atoms with Crippen LogP contribution in [0.25, 0.3) is 0 Å². The van der Waals surface area contributed by atoms with Crippen LogP contribution in [0.4, 0.5) is 5.69 Å². The lowest BCUT2D eigenvalue weighted by atomic mass is 10.1. The molecule has 0 bridgehead atoms. The van der Waals surface area contributed by atoms with Crippen LogP contribution in [-0.4, -0.2) is 20.1 Å². The molecule has 0 atom stereocenters. The van der Waals surface area contributed by atoms with Gasteiger partial charge in [-0.1, -0.05) is 22.0 Å². The number of amides is 1. The molecule has 0 aromatic heterocycles. The minimum absolute atomic E-state index is 0.0791. The summed E-state index contributed by atoms with van der Waals surface area (Å²) in [6.07, 6.45) is 0.274. The van der Waals surface area contributed by atoms with Crippen LogP contribution in [0.5, 0.6) is 11.5 Å². The minimum atomic E-state index is -0.0791. The lowest BCUT2D eigenvalue weighted by molar-refractivity contribution is -0.115. The van der Waals surface area contributed by atoms with E-state index >= 15 is 0 Å². The van der Waals surface area contributed by atoms with Gasteiger partial charge < -0.3 is 14.8 Å². The Kier molecular flexibility index (Phi) is 5.22.